The quantitative estimate of drug-likeness (QED) is 0.697. The summed E-state index contributed by atoms with van der Waals surface area (Å²) >= 11 is 0. The Morgan fingerprint density at radius 2 is 2.25 bits per heavy atom. The molecule has 0 saturated carbocycles. The van der Waals surface area contributed by atoms with Gasteiger partial charge in [-0.25, -0.2) is 4.79 Å². The maximum atomic E-state index is 11.5. The summed E-state index contributed by atoms with van der Waals surface area (Å²) in [7, 11) is 4.88. The number of carbonyl (C=O) groups is 1. The van der Waals surface area contributed by atoms with E-state index in [1.54, 1.807) is 25.6 Å². The third-order valence-electron chi connectivity index (χ3n) is 2.25. The summed E-state index contributed by atoms with van der Waals surface area (Å²) in [5.41, 5.74) is 1.25. The molecule has 1 aromatic rings. The van der Waals surface area contributed by atoms with Crippen molar-refractivity contribution in [3.63, 3.8) is 0 Å². The van der Waals surface area contributed by atoms with Crippen LogP contribution < -0.4 is 4.90 Å². The van der Waals surface area contributed by atoms with Gasteiger partial charge in [-0.2, -0.15) is 0 Å². The SMILES string of the molecule is COCCN(C)c1cnccc1C(=O)OC. The molecule has 0 N–H and O–H groups in total. The number of aromatic nitrogens is 1. The number of rotatable bonds is 5. The zero-order valence-electron chi connectivity index (χ0n) is 9.77. The summed E-state index contributed by atoms with van der Waals surface area (Å²) in [6, 6.07) is 1.64. The maximum absolute atomic E-state index is 11.5. The molecule has 88 valence electrons. The summed E-state index contributed by atoms with van der Waals surface area (Å²) < 4.78 is 9.69. The van der Waals surface area contributed by atoms with Crippen LogP contribution in [0.5, 0.6) is 0 Å². The molecule has 0 aliphatic heterocycles. The highest BCUT2D eigenvalue weighted by Gasteiger charge is 2.14. The van der Waals surface area contributed by atoms with Gasteiger partial charge in [-0.3, -0.25) is 4.98 Å². The van der Waals surface area contributed by atoms with Gasteiger partial charge in [-0.1, -0.05) is 0 Å². The van der Waals surface area contributed by atoms with E-state index in [1.165, 1.54) is 7.11 Å². The number of esters is 1. The van der Waals surface area contributed by atoms with Crippen LogP contribution in [0, 0.1) is 0 Å². The van der Waals surface area contributed by atoms with Crippen LogP contribution in [0.2, 0.25) is 0 Å². The second-order valence-corrected chi connectivity index (χ2v) is 3.30. The number of ether oxygens (including phenoxy) is 2. The minimum atomic E-state index is -0.360. The number of anilines is 1. The van der Waals surface area contributed by atoms with Crippen LogP contribution >= 0.6 is 0 Å². The number of hydrogen-bond donors (Lipinski definition) is 0. The van der Waals surface area contributed by atoms with Crippen molar-refractivity contribution in [3.8, 4) is 0 Å². The van der Waals surface area contributed by atoms with E-state index >= 15 is 0 Å². The van der Waals surface area contributed by atoms with Crippen LogP contribution in [0.15, 0.2) is 18.5 Å². The first kappa shape index (κ1) is 12.4. The van der Waals surface area contributed by atoms with Crippen molar-refractivity contribution in [1.82, 2.24) is 4.98 Å². The van der Waals surface area contributed by atoms with E-state index in [4.69, 9.17) is 9.47 Å². The molecule has 0 saturated heterocycles. The summed E-state index contributed by atoms with van der Waals surface area (Å²) in [6.45, 7) is 1.28. The van der Waals surface area contributed by atoms with Crippen molar-refractivity contribution >= 4 is 11.7 Å². The molecule has 0 atom stereocenters. The molecule has 0 spiro atoms. The lowest BCUT2D eigenvalue weighted by Gasteiger charge is -2.20. The highest BCUT2D eigenvalue weighted by molar-refractivity contribution is 5.95. The number of hydrogen-bond acceptors (Lipinski definition) is 5. The highest BCUT2D eigenvalue weighted by atomic mass is 16.5. The molecule has 0 unspecified atom stereocenters. The van der Waals surface area contributed by atoms with Crippen molar-refractivity contribution in [2.45, 2.75) is 0 Å². The molecule has 1 rings (SSSR count). The van der Waals surface area contributed by atoms with Crippen LogP contribution in [0.1, 0.15) is 10.4 Å². The van der Waals surface area contributed by atoms with Gasteiger partial charge in [-0.05, 0) is 6.07 Å². The van der Waals surface area contributed by atoms with Gasteiger partial charge in [0, 0.05) is 26.9 Å². The van der Waals surface area contributed by atoms with Crippen molar-refractivity contribution in [3.05, 3.63) is 24.0 Å². The Kier molecular flexibility index (Phi) is 4.72. The van der Waals surface area contributed by atoms with Gasteiger partial charge in [-0.15, -0.1) is 0 Å². The largest absolute Gasteiger partial charge is 0.465 e. The summed E-state index contributed by atoms with van der Waals surface area (Å²) in [4.78, 5) is 17.4. The third-order valence-corrected chi connectivity index (χ3v) is 2.25. The summed E-state index contributed by atoms with van der Waals surface area (Å²) in [5, 5.41) is 0. The first-order valence-electron chi connectivity index (χ1n) is 4.93. The minimum Gasteiger partial charge on any atom is -0.465 e. The molecule has 0 aliphatic rings. The molecule has 0 amide bonds. The molecule has 0 fully saturated rings. The first-order valence-corrected chi connectivity index (χ1v) is 4.93. The zero-order valence-corrected chi connectivity index (χ0v) is 9.77. The highest BCUT2D eigenvalue weighted by Crippen LogP contribution is 2.18. The number of methoxy groups -OCH3 is 2. The molecule has 1 heterocycles. The third kappa shape index (κ3) is 2.93. The van der Waals surface area contributed by atoms with Gasteiger partial charge >= 0.3 is 5.97 Å². The molecule has 5 heteroatoms. The van der Waals surface area contributed by atoms with E-state index in [1.807, 2.05) is 11.9 Å². The molecule has 1 aromatic heterocycles. The zero-order chi connectivity index (χ0) is 12.0. The van der Waals surface area contributed by atoms with Crippen LogP contribution in [-0.4, -0.2) is 45.4 Å². The lowest BCUT2D eigenvalue weighted by atomic mass is 10.2. The predicted octanol–water partition coefficient (Wildman–Crippen LogP) is 0.951. The second kappa shape index (κ2) is 6.07. The molecule has 5 nitrogen and oxygen atoms in total. The van der Waals surface area contributed by atoms with Crippen LogP contribution in [0.4, 0.5) is 5.69 Å². The number of carbonyl (C=O) groups excluding carboxylic acids is 1. The first-order chi connectivity index (χ1) is 7.70. The van der Waals surface area contributed by atoms with Crippen LogP contribution in [-0.2, 0) is 9.47 Å². The lowest BCUT2D eigenvalue weighted by molar-refractivity contribution is 0.0601. The lowest BCUT2D eigenvalue weighted by Crippen LogP contribution is -2.24. The molecular formula is C11H16N2O3. The molecule has 16 heavy (non-hydrogen) atoms. The van der Waals surface area contributed by atoms with Gasteiger partial charge in [0.25, 0.3) is 0 Å². The standard InChI is InChI=1S/C11H16N2O3/c1-13(6-7-15-2)10-8-12-5-4-9(10)11(14)16-3/h4-5,8H,6-7H2,1-3H3. The van der Waals surface area contributed by atoms with Crippen molar-refractivity contribution < 1.29 is 14.3 Å². The Labute approximate surface area is 95.0 Å². The molecular weight excluding hydrogens is 208 g/mol. The number of likely N-dealkylation sites (N-methyl/N-ethyl adjacent to an activating group) is 1. The van der Waals surface area contributed by atoms with E-state index in [0.29, 0.717) is 18.7 Å². The average molecular weight is 224 g/mol. The van der Waals surface area contributed by atoms with E-state index < -0.39 is 0 Å². The fraction of sp³-hybridized carbons (Fsp3) is 0.455. The maximum Gasteiger partial charge on any atom is 0.340 e. The summed E-state index contributed by atoms with van der Waals surface area (Å²) in [6.07, 6.45) is 3.21. The van der Waals surface area contributed by atoms with Gasteiger partial charge in [0.2, 0.25) is 0 Å². The number of pyridine rings is 1. The minimum absolute atomic E-state index is 0.360. The second-order valence-electron chi connectivity index (χ2n) is 3.30. The van der Waals surface area contributed by atoms with Gasteiger partial charge in [0.15, 0.2) is 0 Å². The Hall–Kier alpha value is -1.62. The Morgan fingerprint density at radius 1 is 1.50 bits per heavy atom. The van der Waals surface area contributed by atoms with E-state index in [2.05, 4.69) is 4.98 Å². The van der Waals surface area contributed by atoms with Crippen LogP contribution in [0.25, 0.3) is 0 Å². The average Bonchev–Trinajstić information content (AvgIpc) is 2.35. The molecule has 0 radical (unpaired) electrons. The van der Waals surface area contributed by atoms with E-state index in [9.17, 15) is 4.79 Å². The predicted molar refractivity (Wildman–Crippen MR) is 60.7 cm³/mol. The summed E-state index contributed by atoms with van der Waals surface area (Å²) in [5.74, 6) is -0.360. The fourth-order valence-corrected chi connectivity index (χ4v) is 1.32. The van der Waals surface area contributed by atoms with Crippen molar-refractivity contribution in [2.75, 3.05) is 39.3 Å². The van der Waals surface area contributed by atoms with E-state index in [-0.39, 0.29) is 5.97 Å². The monoisotopic (exact) mass is 224 g/mol. The van der Waals surface area contributed by atoms with Crippen molar-refractivity contribution in [2.24, 2.45) is 0 Å². The molecule has 0 bridgehead atoms. The fourth-order valence-electron chi connectivity index (χ4n) is 1.32. The Morgan fingerprint density at radius 3 is 2.88 bits per heavy atom. The number of nitrogens with zero attached hydrogens (tertiary/aromatic N) is 2. The van der Waals surface area contributed by atoms with Gasteiger partial charge in [0.05, 0.1) is 31.2 Å². The van der Waals surface area contributed by atoms with Crippen molar-refractivity contribution in [1.29, 1.82) is 0 Å². The topological polar surface area (TPSA) is 51.7 Å². The van der Waals surface area contributed by atoms with Gasteiger partial charge in [0.1, 0.15) is 0 Å². The van der Waals surface area contributed by atoms with Crippen LogP contribution in [0.3, 0.4) is 0 Å². The Balaban J connectivity index is 2.89. The smallest absolute Gasteiger partial charge is 0.340 e. The molecule has 0 aromatic carbocycles. The van der Waals surface area contributed by atoms with Gasteiger partial charge < -0.3 is 14.4 Å². The van der Waals surface area contributed by atoms with E-state index in [0.717, 1.165) is 5.69 Å². The normalized spacial score (nSPS) is 9.94. The molecule has 0 aliphatic carbocycles. The Bertz CT molecular complexity index is 355.